The largest absolute Gasteiger partial charge is 0.497 e. The predicted molar refractivity (Wildman–Crippen MR) is 80.7 cm³/mol. The maximum Gasteiger partial charge on any atom is 0.144 e. The summed E-state index contributed by atoms with van der Waals surface area (Å²) in [6.07, 6.45) is 1.63. The lowest BCUT2D eigenvalue weighted by atomic mass is 10.1. The van der Waals surface area contributed by atoms with Crippen molar-refractivity contribution >= 4 is 5.82 Å². The number of benzene rings is 1. The van der Waals surface area contributed by atoms with Gasteiger partial charge in [-0.25, -0.2) is 9.97 Å². The fourth-order valence-electron chi connectivity index (χ4n) is 2.15. The average molecular weight is 288 g/mol. The number of aliphatic hydroxyl groups excluding tert-OH is 1. The predicted octanol–water partition coefficient (Wildman–Crippen LogP) is 1.23. The molecule has 0 saturated heterocycles. The van der Waals surface area contributed by atoms with Gasteiger partial charge in [0, 0.05) is 6.20 Å². The Morgan fingerprint density at radius 2 is 2.00 bits per heavy atom. The van der Waals surface area contributed by atoms with E-state index in [1.807, 2.05) is 36.2 Å². The first-order chi connectivity index (χ1) is 10.1. The standard InChI is InChI=1S/C15H20N4O2/c1-19(9-15-17-8-7-14(16)18-15)13(10-20)11-3-5-12(21-2)6-4-11/h3-8,13,20H,9-10H2,1-2H3,(H2,16,17,18). The lowest BCUT2D eigenvalue weighted by molar-refractivity contribution is 0.140. The lowest BCUT2D eigenvalue weighted by Gasteiger charge is -2.26. The van der Waals surface area contributed by atoms with Gasteiger partial charge in [0.1, 0.15) is 17.4 Å². The van der Waals surface area contributed by atoms with Gasteiger partial charge in [-0.1, -0.05) is 12.1 Å². The highest BCUT2D eigenvalue weighted by Crippen LogP contribution is 2.22. The average Bonchev–Trinajstić information content (AvgIpc) is 2.48. The number of aromatic nitrogens is 2. The van der Waals surface area contributed by atoms with Gasteiger partial charge in [0.05, 0.1) is 26.3 Å². The second-order valence-electron chi connectivity index (χ2n) is 4.78. The van der Waals surface area contributed by atoms with Crippen LogP contribution in [0.5, 0.6) is 5.75 Å². The number of hydrogen-bond donors (Lipinski definition) is 2. The molecule has 0 aliphatic carbocycles. The number of nitrogens with zero attached hydrogens (tertiary/aromatic N) is 3. The number of anilines is 1. The first kappa shape index (κ1) is 15.2. The van der Waals surface area contributed by atoms with Gasteiger partial charge in [-0.05, 0) is 30.8 Å². The van der Waals surface area contributed by atoms with E-state index in [0.717, 1.165) is 11.3 Å². The van der Waals surface area contributed by atoms with Crippen molar-refractivity contribution in [2.24, 2.45) is 0 Å². The second kappa shape index (κ2) is 7.01. The van der Waals surface area contributed by atoms with E-state index in [2.05, 4.69) is 9.97 Å². The molecule has 21 heavy (non-hydrogen) atoms. The Kier molecular flexibility index (Phi) is 5.08. The van der Waals surface area contributed by atoms with Crippen molar-refractivity contribution in [1.29, 1.82) is 0 Å². The number of aliphatic hydroxyl groups is 1. The van der Waals surface area contributed by atoms with E-state index in [0.29, 0.717) is 18.2 Å². The highest BCUT2D eigenvalue weighted by atomic mass is 16.5. The summed E-state index contributed by atoms with van der Waals surface area (Å²) in [5, 5.41) is 9.67. The van der Waals surface area contributed by atoms with Gasteiger partial charge in [-0.15, -0.1) is 0 Å². The molecule has 1 aromatic carbocycles. The van der Waals surface area contributed by atoms with Crippen LogP contribution in [0.15, 0.2) is 36.5 Å². The highest BCUT2D eigenvalue weighted by Gasteiger charge is 2.17. The van der Waals surface area contributed by atoms with Crippen LogP contribution >= 0.6 is 0 Å². The molecule has 0 saturated carbocycles. The number of methoxy groups -OCH3 is 1. The Hall–Kier alpha value is -2.18. The first-order valence-corrected chi connectivity index (χ1v) is 6.66. The second-order valence-corrected chi connectivity index (χ2v) is 4.78. The molecule has 1 heterocycles. The first-order valence-electron chi connectivity index (χ1n) is 6.66. The van der Waals surface area contributed by atoms with Crippen LogP contribution in [0.3, 0.4) is 0 Å². The summed E-state index contributed by atoms with van der Waals surface area (Å²) in [5.41, 5.74) is 6.66. The SMILES string of the molecule is COc1ccc(C(CO)N(C)Cc2nccc(N)n2)cc1. The van der Waals surface area contributed by atoms with E-state index in [1.54, 1.807) is 19.4 Å². The monoisotopic (exact) mass is 288 g/mol. The van der Waals surface area contributed by atoms with E-state index in [-0.39, 0.29) is 12.6 Å². The number of rotatable bonds is 6. The topological polar surface area (TPSA) is 84.5 Å². The van der Waals surface area contributed by atoms with Gasteiger partial charge in [0.2, 0.25) is 0 Å². The Bertz CT molecular complexity index is 574. The van der Waals surface area contributed by atoms with Gasteiger partial charge in [-0.3, -0.25) is 4.90 Å². The van der Waals surface area contributed by atoms with Gasteiger partial charge in [0.15, 0.2) is 0 Å². The van der Waals surface area contributed by atoms with Crippen molar-refractivity contribution in [3.63, 3.8) is 0 Å². The molecule has 1 aromatic heterocycles. The zero-order chi connectivity index (χ0) is 15.2. The van der Waals surface area contributed by atoms with Crippen molar-refractivity contribution in [3.8, 4) is 5.75 Å². The van der Waals surface area contributed by atoms with Crippen LogP contribution in [-0.4, -0.2) is 40.7 Å². The molecule has 0 aliphatic heterocycles. The van der Waals surface area contributed by atoms with Gasteiger partial charge >= 0.3 is 0 Å². The molecule has 2 rings (SSSR count). The Morgan fingerprint density at radius 3 is 2.57 bits per heavy atom. The third-order valence-electron chi connectivity index (χ3n) is 3.32. The van der Waals surface area contributed by atoms with Crippen LogP contribution < -0.4 is 10.5 Å². The van der Waals surface area contributed by atoms with E-state index >= 15 is 0 Å². The lowest BCUT2D eigenvalue weighted by Crippen LogP contribution is -2.27. The van der Waals surface area contributed by atoms with Crippen molar-refractivity contribution < 1.29 is 9.84 Å². The third-order valence-corrected chi connectivity index (χ3v) is 3.32. The van der Waals surface area contributed by atoms with Crippen molar-refractivity contribution in [3.05, 3.63) is 47.9 Å². The molecule has 6 heteroatoms. The Labute approximate surface area is 124 Å². The van der Waals surface area contributed by atoms with Gasteiger partial charge < -0.3 is 15.6 Å². The normalized spacial score (nSPS) is 12.4. The molecule has 0 spiro atoms. The minimum atomic E-state index is -0.138. The minimum Gasteiger partial charge on any atom is -0.497 e. The van der Waals surface area contributed by atoms with Crippen LogP contribution in [0.25, 0.3) is 0 Å². The summed E-state index contributed by atoms with van der Waals surface area (Å²) in [4.78, 5) is 10.3. The maximum atomic E-state index is 9.67. The van der Waals surface area contributed by atoms with Gasteiger partial charge in [0.25, 0.3) is 0 Å². The van der Waals surface area contributed by atoms with Gasteiger partial charge in [-0.2, -0.15) is 0 Å². The molecule has 112 valence electrons. The van der Waals surface area contributed by atoms with Crippen LogP contribution in [0.4, 0.5) is 5.82 Å². The smallest absolute Gasteiger partial charge is 0.144 e. The molecule has 6 nitrogen and oxygen atoms in total. The fourth-order valence-corrected chi connectivity index (χ4v) is 2.15. The molecule has 1 unspecified atom stereocenters. The molecule has 1 atom stereocenters. The summed E-state index contributed by atoms with van der Waals surface area (Å²) in [6, 6.07) is 9.15. The zero-order valence-electron chi connectivity index (χ0n) is 12.2. The number of ether oxygens (including phenoxy) is 1. The minimum absolute atomic E-state index is 0.00510. The van der Waals surface area contributed by atoms with E-state index in [1.165, 1.54) is 0 Å². The van der Waals surface area contributed by atoms with Crippen molar-refractivity contribution in [2.45, 2.75) is 12.6 Å². The summed E-state index contributed by atoms with van der Waals surface area (Å²) in [5.74, 6) is 1.86. The highest BCUT2D eigenvalue weighted by molar-refractivity contribution is 5.29. The number of nitrogens with two attached hydrogens (primary N) is 1. The molecular weight excluding hydrogens is 268 g/mol. The number of likely N-dealkylation sites (N-methyl/N-ethyl adjacent to an activating group) is 1. The van der Waals surface area contributed by atoms with Crippen molar-refractivity contribution in [1.82, 2.24) is 14.9 Å². The third kappa shape index (κ3) is 3.90. The Balaban J connectivity index is 2.12. The molecule has 0 bridgehead atoms. The summed E-state index contributed by atoms with van der Waals surface area (Å²) in [6.45, 7) is 0.507. The molecule has 0 aliphatic rings. The van der Waals surface area contributed by atoms with Crippen molar-refractivity contribution in [2.75, 3.05) is 26.5 Å². The fraction of sp³-hybridized carbons (Fsp3) is 0.333. The van der Waals surface area contributed by atoms with E-state index in [4.69, 9.17) is 10.5 Å². The van der Waals surface area contributed by atoms with Crippen LogP contribution in [0.2, 0.25) is 0 Å². The van der Waals surface area contributed by atoms with Crippen LogP contribution in [-0.2, 0) is 6.54 Å². The summed E-state index contributed by atoms with van der Waals surface area (Å²) in [7, 11) is 3.54. The summed E-state index contributed by atoms with van der Waals surface area (Å²) < 4.78 is 5.14. The van der Waals surface area contributed by atoms with Crippen LogP contribution in [0.1, 0.15) is 17.4 Å². The van der Waals surface area contributed by atoms with Crippen LogP contribution in [0, 0.1) is 0 Å². The summed E-state index contributed by atoms with van der Waals surface area (Å²) >= 11 is 0. The number of nitrogen functional groups attached to an aromatic ring is 1. The van der Waals surface area contributed by atoms with E-state index in [9.17, 15) is 5.11 Å². The molecule has 2 aromatic rings. The quantitative estimate of drug-likeness (QED) is 0.831. The number of hydrogen-bond acceptors (Lipinski definition) is 6. The molecule has 0 fully saturated rings. The molecule has 3 N–H and O–H groups in total. The maximum absolute atomic E-state index is 9.67. The molecule has 0 amide bonds. The zero-order valence-corrected chi connectivity index (χ0v) is 12.2. The van der Waals surface area contributed by atoms with E-state index < -0.39 is 0 Å². The molecule has 0 radical (unpaired) electrons. The molecular formula is C15H20N4O2. The Morgan fingerprint density at radius 1 is 1.29 bits per heavy atom.